The van der Waals surface area contributed by atoms with Crippen molar-refractivity contribution in [3.8, 4) is 0 Å². The summed E-state index contributed by atoms with van der Waals surface area (Å²) in [6.45, 7) is 8.04. The van der Waals surface area contributed by atoms with Gasteiger partial charge in [0.1, 0.15) is 0 Å². The fraction of sp³-hybridized carbons (Fsp3) is 0.875. The summed E-state index contributed by atoms with van der Waals surface area (Å²) in [5, 5.41) is 8.38. The van der Waals surface area contributed by atoms with Crippen LogP contribution in [0.25, 0.3) is 0 Å². The molecule has 162 valence electrons. The smallest absolute Gasteiger partial charge is 0.303 e. The summed E-state index contributed by atoms with van der Waals surface area (Å²) in [6.07, 6.45) is 24.0. The Hall–Kier alpha value is -0.830. The highest BCUT2D eigenvalue weighted by Crippen LogP contribution is 2.11. The molecule has 0 amide bonds. The van der Waals surface area contributed by atoms with E-state index in [2.05, 4.69) is 20.4 Å². The highest BCUT2D eigenvalue weighted by molar-refractivity contribution is 5.66. The van der Waals surface area contributed by atoms with Crippen molar-refractivity contribution < 1.29 is 9.90 Å². The van der Waals surface area contributed by atoms with E-state index in [4.69, 9.17) is 10.8 Å². The van der Waals surface area contributed by atoms with Gasteiger partial charge in [-0.1, -0.05) is 96.5 Å². The molecule has 0 saturated heterocycles. The maximum Gasteiger partial charge on any atom is 0.303 e. The third-order valence-corrected chi connectivity index (χ3v) is 4.81. The van der Waals surface area contributed by atoms with Gasteiger partial charge in [-0.05, 0) is 32.6 Å². The average Bonchev–Trinajstić information content (AvgIpc) is 2.62. The highest BCUT2D eigenvalue weighted by Gasteiger charge is 1.96. The first-order valence-corrected chi connectivity index (χ1v) is 11.6. The normalized spacial score (nSPS) is 11.5. The van der Waals surface area contributed by atoms with Gasteiger partial charge in [0, 0.05) is 12.5 Å². The molecule has 3 nitrogen and oxygen atoms in total. The number of aliphatic carboxylic acids is 1. The van der Waals surface area contributed by atoms with E-state index in [0.29, 0.717) is 12.5 Å². The van der Waals surface area contributed by atoms with Gasteiger partial charge in [0.15, 0.2) is 0 Å². The molecule has 0 aliphatic heterocycles. The molecule has 0 aliphatic carbocycles. The minimum absolute atomic E-state index is 0.326. The Morgan fingerprint density at radius 1 is 0.852 bits per heavy atom. The third-order valence-electron chi connectivity index (χ3n) is 4.81. The highest BCUT2D eigenvalue weighted by atomic mass is 16.4. The summed E-state index contributed by atoms with van der Waals surface area (Å²) in [5.41, 5.74) is 5.69. The molecule has 0 aromatic heterocycles. The van der Waals surface area contributed by atoms with Gasteiger partial charge in [-0.2, -0.15) is 0 Å². The van der Waals surface area contributed by atoms with Gasteiger partial charge in [0.05, 0.1) is 0 Å². The minimum Gasteiger partial charge on any atom is -0.481 e. The van der Waals surface area contributed by atoms with Crippen LogP contribution in [0.15, 0.2) is 12.7 Å². The number of unbranched alkanes of at least 4 members (excludes halogenated alkanes) is 14. The van der Waals surface area contributed by atoms with E-state index in [1.54, 1.807) is 0 Å². The summed E-state index contributed by atoms with van der Waals surface area (Å²) in [6, 6.07) is 0.402. The van der Waals surface area contributed by atoms with E-state index < -0.39 is 5.97 Å². The lowest BCUT2D eigenvalue weighted by atomic mass is 10.1. The van der Waals surface area contributed by atoms with Crippen LogP contribution in [0.4, 0.5) is 0 Å². The van der Waals surface area contributed by atoms with Crippen LogP contribution in [0.1, 0.15) is 129 Å². The topological polar surface area (TPSA) is 63.3 Å². The molecule has 27 heavy (non-hydrogen) atoms. The van der Waals surface area contributed by atoms with E-state index in [9.17, 15) is 4.79 Å². The lowest BCUT2D eigenvalue weighted by Crippen LogP contribution is -2.13. The van der Waals surface area contributed by atoms with Gasteiger partial charge in [0.2, 0.25) is 0 Å². The van der Waals surface area contributed by atoms with Gasteiger partial charge in [0.25, 0.3) is 0 Å². The molecule has 1 atom stereocenters. The second-order valence-electron chi connectivity index (χ2n) is 7.94. The molecule has 0 aromatic carbocycles. The molecular formula is C24H49NO2. The summed E-state index contributed by atoms with van der Waals surface area (Å²) >= 11 is 0. The summed E-state index contributed by atoms with van der Waals surface area (Å²) < 4.78 is 0. The van der Waals surface area contributed by atoms with E-state index in [0.717, 1.165) is 19.3 Å². The van der Waals surface area contributed by atoms with Crippen molar-refractivity contribution in [2.75, 3.05) is 0 Å². The van der Waals surface area contributed by atoms with Crippen molar-refractivity contribution in [3.05, 3.63) is 12.7 Å². The van der Waals surface area contributed by atoms with Crippen LogP contribution in [-0.2, 0) is 4.79 Å². The second-order valence-corrected chi connectivity index (χ2v) is 7.94. The Bertz CT molecular complexity index is 303. The van der Waals surface area contributed by atoms with Crippen molar-refractivity contribution in [1.29, 1.82) is 0 Å². The quantitative estimate of drug-likeness (QED) is 0.178. The Morgan fingerprint density at radius 2 is 1.30 bits per heavy atom. The summed E-state index contributed by atoms with van der Waals surface area (Å²) in [5.74, 6) is -0.674. The van der Waals surface area contributed by atoms with Crippen LogP contribution < -0.4 is 5.73 Å². The Kier molecular flexibility index (Phi) is 26.5. The van der Waals surface area contributed by atoms with Gasteiger partial charge < -0.3 is 10.8 Å². The fourth-order valence-corrected chi connectivity index (χ4v) is 3.05. The van der Waals surface area contributed by atoms with E-state index in [1.165, 1.54) is 89.9 Å². The molecule has 1 unspecified atom stereocenters. The lowest BCUT2D eigenvalue weighted by Gasteiger charge is -2.04. The number of hydrogen-bond acceptors (Lipinski definition) is 2. The minimum atomic E-state index is -0.674. The molecule has 3 heteroatoms. The van der Waals surface area contributed by atoms with Crippen LogP contribution in [0.5, 0.6) is 0 Å². The average molecular weight is 384 g/mol. The van der Waals surface area contributed by atoms with Gasteiger partial charge in [-0.15, -0.1) is 6.58 Å². The zero-order valence-electron chi connectivity index (χ0n) is 18.5. The van der Waals surface area contributed by atoms with E-state index in [1.807, 2.05) is 6.08 Å². The zero-order valence-corrected chi connectivity index (χ0v) is 18.5. The number of rotatable bonds is 19. The number of carbonyl (C=O) groups is 1. The van der Waals surface area contributed by atoms with Crippen LogP contribution in [0.2, 0.25) is 0 Å². The Morgan fingerprint density at radius 3 is 1.74 bits per heavy atom. The van der Waals surface area contributed by atoms with Gasteiger partial charge in [-0.3, -0.25) is 4.79 Å². The molecule has 0 aromatic rings. The van der Waals surface area contributed by atoms with Crippen LogP contribution >= 0.6 is 0 Å². The molecule has 0 saturated carbocycles. The number of allylic oxidation sites excluding steroid dienone is 1. The van der Waals surface area contributed by atoms with Gasteiger partial charge in [-0.25, -0.2) is 0 Å². The lowest BCUT2D eigenvalue weighted by molar-refractivity contribution is -0.137. The first-order valence-electron chi connectivity index (χ1n) is 11.6. The first kappa shape index (κ1) is 28.4. The van der Waals surface area contributed by atoms with Crippen molar-refractivity contribution in [3.63, 3.8) is 0 Å². The summed E-state index contributed by atoms with van der Waals surface area (Å²) in [4.78, 5) is 10.2. The predicted octanol–water partition coefficient (Wildman–Crippen LogP) is 7.63. The van der Waals surface area contributed by atoms with Gasteiger partial charge >= 0.3 is 5.97 Å². The molecule has 0 heterocycles. The van der Waals surface area contributed by atoms with Crippen molar-refractivity contribution in [2.24, 2.45) is 5.73 Å². The third kappa shape index (κ3) is 33.2. The molecule has 0 fully saturated rings. The fourth-order valence-electron chi connectivity index (χ4n) is 3.05. The number of carboxylic acids is 1. The number of hydrogen-bond donors (Lipinski definition) is 2. The Balaban J connectivity index is 0. The molecule has 0 rings (SSSR count). The van der Waals surface area contributed by atoms with Crippen molar-refractivity contribution in [1.82, 2.24) is 0 Å². The van der Waals surface area contributed by atoms with Crippen LogP contribution in [-0.4, -0.2) is 17.1 Å². The van der Waals surface area contributed by atoms with Crippen molar-refractivity contribution in [2.45, 2.75) is 135 Å². The SMILES string of the molecule is C=CCCCCCCCCC(=O)O.CCCCCCCCCCCC(C)N. The van der Waals surface area contributed by atoms with Crippen LogP contribution in [0, 0.1) is 0 Å². The largest absolute Gasteiger partial charge is 0.481 e. The zero-order chi connectivity index (χ0) is 20.6. The molecule has 0 aliphatic rings. The van der Waals surface area contributed by atoms with Crippen molar-refractivity contribution >= 4 is 5.97 Å². The first-order chi connectivity index (χ1) is 13.0. The maximum absolute atomic E-state index is 10.2. The number of carboxylic acid groups (broad SMARTS) is 1. The maximum atomic E-state index is 10.2. The monoisotopic (exact) mass is 383 g/mol. The standard InChI is InChI=1S/C13H29N.C11H20O2/c1-3-4-5-6-7-8-9-10-11-12-13(2)14;1-2-3-4-5-6-7-8-9-10-11(12)13/h13H,3-12,14H2,1-2H3;2H,1,3-10H2,(H,12,13). The number of nitrogens with two attached hydrogens (primary N) is 1. The predicted molar refractivity (Wildman–Crippen MR) is 120 cm³/mol. The second kappa shape index (κ2) is 25.2. The van der Waals surface area contributed by atoms with E-state index >= 15 is 0 Å². The molecular weight excluding hydrogens is 334 g/mol. The molecule has 3 N–H and O–H groups in total. The molecule has 0 spiro atoms. The Labute approximate surface area is 170 Å². The van der Waals surface area contributed by atoms with E-state index in [-0.39, 0.29) is 0 Å². The molecule has 0 bridgehead atoms. The van der Waals surface area contributed by atoms with Crippen LogP contribution in [0.3, 0.4) is 0 Å². The molecule has 0 radical (unpaired) electrons. The summed E-state index contributed by atoms with van der Waals surface area (Å²) in [7, 11) is 0.